The van der Waals surface area contributed by atoms with Crippen LogP contribution < -0.4 is 15.4 Å². The molecule has 2 rings (SSSR count). The van der Waals surface area contributed by atoms with E-state index in [4.69, 9.17) is 4.74 Å². The van der Waals surface area contributed by atoms with Crippen molar-refractivity contribution in [2.75, 3.05) is 20.1 Å². The fourth-order valence-electron chi connectivity index (χ4n) is 2.23. The molecule has 1 heterocycles. The first-order valence-electron chi connectivity index (χ1n) is 8.35. The second kappa shape index (κ2) is 12.1. The second-order valence-electron chi connectivity index (χ2n) is 5.80. The number of para-hydroxylation sites is 1. The molecule has 1 unspecified atom stereocenters. The minimum Gasteiger partial charge on any atom is -0.488 e. The van der Waals surface area contributed by atoms with Crippen LogP contribution in [0.25, 0.3) is 0 Å². The van der Waals surface area contributed by atoms with Gasteiger partial charge in [0.05, 0.1) is 11.0 Å². The zero-order valence-electron chi connectivity index (χ0n) is 15.3. The third kappa shape index (κ3) is 7.90. The van der Waals surface area contributed by atoms with Crippen LogP contribution in [0.15, 0.2) is 52.1 Å². The average molecular weight is 533 g/mol. The Bertz CT molecular complexity index is 694. The van der Waals surface area contributed by atoms with Crippen LogP contribution in [0.5, 0.6) is 5.75 Å². The van der Waals surface area contributed by atoms with Gasteiger partial charge in [-0.25, -0.2) is 0 Å². The van der Waals surface area contributed by atoms with E-state index >= 15 is 0 Å². The first kappa shape index (κ1) is 22.7. The number of hydrogen-bond donors (Lipinski definition) is 2. The Morgan fingerprint density at radius 3 is 2.65 bits per heavy atom. The van der Waals surface area contributed by atoms with E-state index in [1.165, 1.54) is 5.56 Å². The monoisotopic (exact) mass is 532 g/mol. The van der Waals surface area contributed by atoms with Gasteiger partial charge in [0, 0.05) is 25.5 Å². The Hall–Kier alpha value is -1.35. The van der Waals surface area contributed by atoms with Crippen molar-refractivity contribution in [3.8, 4) is 5.75 Å². The van der Waals surface area contributed by atoms with E-state index in [-0.39, 0.29) is 30.1 Å². The number of nitrogens with one attached hydrogen (secondary N) is 2. The van der Waals surface area contributed by atoms with Crippen LogP contribution >= 0.6 is 39.9 Å². The standard InChI is InChI=1S/C19H25BrN4O.HI/c1-14-8-9-16(13-23-14)10-11-22-19(21-3)24-12-15(2)25-18-7-5-4-6-17(18)20;/h4-9,13,15H,10-12H2,1-3H3,(H2,21,22,24);1H. The molecule has 1 aromatic heterocycles. The van der Waals surface area contributed by atoms with Gasteiger partial charge < -0.3 is 15.4 Å². The van der Waals surface area contributed by atoms with Gasteiger partial charge in [-0.05, 0) is 60.0 Å². The molecule has 0 aliphatic rings. The topological polar surface area (TPSA) is 58.5 Å². The number of aliphatic imine (C=N–C) groups is 1. The molecule has 0 spiro atoms. The summed E-state index contributed by atoms with van der Waals surface area (Å²) in [5, 5.41) is 6.60. The Morgan fingerprint density at radius 2 is 2.00 bits per heavy atom. The molecular formula is C19H26BrIN4O. The van der Waals surface area contributed by atoms with Gasteiger partial charge in [0.25, 0.3) is 0 Å². The Balaban J connectivity index is 0.00000338. The van der Waals surface area contributed by atoms with Crippen molar-refractivity contribution >= 4 is 45.9 Å². The molecule has 2 N–H and O–H groups in total. The van der Waals surface area contributed by atoms with E-state index in [9.17, 15) is 0 Å². The number of nitrogens with zero attached hydrogens (tertiary/aromatic N) is 2. The number of hydrogen-bond acceptors (Lipinski definition) is 3. The molecule has 0 aliphatic carbocycles. The van der Waals surface area contributed by atoms with Crippen molar-refractivity contribution in [1.29, 1.82) is 0 Å². The van der Waals surface area contributed by atoms with Gasteiger partial charge in [-0.2, -0.15) is 0 Å². The first-order chi connectivity index (χ1) is 12.1. The number of aromatic nitrogens is 1. The van der Waals surface area contributed by atoms with E-state index in [0.29, 0.717) is 6.54 Å². The molecule has 0 aliphatic heterocycles. The molecule has 7 heteroatoms. The summed E-state index contributed by atoms with van der Waals surface area (Å²) >= 11 is 3.49. The highest BCUT2D eigenvalue weighted by Crippen LogP contribution is 2.24. The molecular weight excluding hydrogens is 507 g/mol. The van der Waals surface area contributed by atoms with E-state index in [2.05, 4.69) is 42.6 Å². The molecule has 0 fully saturated rings. The number of guanidine groups is 1. The second-order valence-corrected chi connectivity index (χ2v) is 6.65. The number of pyridine rings is 1. The van der Waals surface area contributed by atoms with E-state index in [1.54, 1.807) is 7.05 Å². The molecule has 0 bridgehead atoms. The maximum Gasteiger partial charge on any atom is 0.191 e. The number of rotatable bonds is 7. The third-order valence-corrected chi connectivity index (χ3v) is 4.28. The summed E-state index contributed by atoms with van der Waals surface area (Å²) in [6.45, 7) is 5.47. The van der Waals surface area contributed by atoms with Crippen LogP contribution in [0.1, 0.15) is 18.2 Å². The molecule has 1 aromatic carbocycles. The molecule has 2 aromatic rings. The summed E-state index contributed by atoms with van der Waals surface area (Å²) in [6.07, 6.45) is 2.83. The quantitative estimate of drug-likeness (QED) is 0.322. The molecule has 0 radical (unpaired) electrons. The third-order valence-electron chi connectivity index (χ3n) is 3.62. The van der Waals surface area contributed by atoms with E-state index < -0.39 is 0 Å². The van der Waals surface area contributed by atoms with Crippen LogP contribution in [0, 0.1) is 6.92 Å². The van der Waals surface area contributed by atoms with Crippen molar-refractivity contribution in [1.82, 2.24) is 15.6 Å². The molecule has 0 amide bonds. The van der Waals surface area contributed by atoms with Gasteiger partial charge in [0.1, 0.15) is 11.9 Å². The smallest absolute Gasteiger partial charge is 0.191 e. The van der Waals surface area contributed by atoms with Gasteiger partial charge in [-0.3, -0.25) is 9.98 Å². The zero-order chi connectivity index (χ0) is 18.1. The normalized spacial score (nSPS) is 12.1. The van der Waals surface area contributed by atoms with Gasteiger partial charge >= 0.3 is 0 Å². The summed E-state index contributed by atoms with van der Waals surface area (Å²) in [4.78, 5) is 8.55. The van der Waals surface area contributed by atoms with Crippen molar-refractivity contribution in [2.24, 2.45) is 4.99 Å². The highest BCUT2D eigenvalue weighted by molar-refractivity contribution is 14.0. The lowest BCUT2D eigenvalue weighted by atomic mass is 10.2. The number of ether oxygens (including phenoxy) is 1. The summed E-state index contributed by atoms with van der Waals surface area (Å²) in [7, 11) is 1.77. The predicted molar refractivity (Wildman–Crippen MR) is 122 cm³/mol. The van der Waals surface area contributed by atoms with Gasteiger partial charge in [-0.1, -0.05) is 18.2 Å². The number of aryl methyl sites for hydroxylation is 1. The summed E-state index contributed by atoms with van der Waals surface area (Å²) < 4.78 is 6.88. The summed E-state index contributed by atoms with van der Waals surface area (Å²) in [5.74, 6) is 1.61. The van der Waals surface area contributed by atoms with Crippen molar-refractivity contribution in [2.45, 2.75) is 26.4 Å². The van der Waals surface area contributed by atoms with E-state index in [1.807, 2.05) is 50.4 Å². The highest BCUT2D eigenvalue weighted by atomic mass is 127. The van der Waals surface area contributed by atoms with Crippen molar-refractivity contribution in [3.05, 3.63) is 58.3 Å². The molecule has 1 atom stereocenters. The van der Waals surface area contributed by atoms with Crippen LogP contribution in [0.3, 0.4) is 0 Å². The van der Waals surface area contributed by atoms with Crippen molar-refractivity contribution in [3.63, 3.8) is 0 Å². The summed E-state index contributed by atoms with van der Waals surface area (Å²) in [6, 6.07) is 12.0. The van der Waals surface area contributed by atoms with Crippen LogP contribution in [-0.4, -0.2) is 37.2 Å². The minimum absolute atomic E-state index is 0. The first-order valence-corrected chi connectivity index (χ1v) is 9.15. The molecule has 142 valence electrons. The fraction of sp³-hybridized carbons (Fsp3) is 0.368. The predicted octanol–water partition coefficient (Wildman–Crippen LogP) is 3.95. The zero-order valence-corrected chi connectivity index (χ0v) is 19.2. The lowest BCUT2D eigenvalue weighted by molar-refractivity contribution is 0.222. The summed E-state index contributed by atoms with van der Waals surface area (Å²) in [5.41, 5.74) is 2.24. The Labute approximate surface area is 181 Å². The lowest BCUT2D eigenvalue weighted by Gasteiger charge is -2.18. The van der Waals surface area contributed by atoms with Crippen LogP contribution in [0.4, 0.5) is 0 Å². The lowest BCUT2D eigenvalue weighted by Crippen LogP contribution is -2.42. The molecule has 0 saturated carbocycles. The number of halogens is 2. The fourth-order valence-corrected chi connectivity index (χ4v) is 2.61. The van der Waals surface area contributed by atoms with Crippen LogP contribution in [0.2, 0.25) is 0 Å². The number of benzene rings is 1. The molecule has 0 saturated heterocycles. The average Bonchev–Trinajstić information content (AvgIpc) is 2.61. The SMILES string of the molecule is CN=C(NCCc1ccc(C)nc1)NCC(C)Oc1ccccc1Br.I. The molecule has 5 nitrogen and oxygen atoms in total. The largest absolute Gasteiger partial charge is 0.488 e. The molecule has 26 heavy (non-hydrogen) atoms. The maximum absolute atomic E-state index is 5.92. The van der Waals surface area contributed by atoms with Crippen LogP contribution in [-0.2, 0) is 6.42 Å². The van der Waals surface area contributed by atoms with E-state index in [0.717, 1.165) is 34.8 Å². The Morgan fingerprint density at radius 1 is 1.23 bits per heavy atom. The maximum atomic E-state index is 5.92. The highest BCUT2D eigenvalue weighted by Gasteiger charge is 2.07. The Kier molecular flexibility index (Phi) is 10.6. The van der Waals surface area contributed by atoms with Gasteiger partial charge in [-0.15, -0.1) is 24.0 Å². The minimum atomic E-state index is 0. The van der Waals surface area contributed by atoms with Gasteiger partial charge in [0.15, 0.2) is 5.96 Å². The van der Waals surface area contributed by atoms with Crippen molar-refractivity contribution < 1.29 is 4.74 Å². The van der Waals surface area contributed by atoms with Gasteiger partial charge in [0.2, 0.25) is 0 Å².